The van der Waals surface area contributed by atoms with Crippen LogP contribution in [0.15, 0.2) is 23.9 Å². The fourth-order valence-corrected chi connectivity index (χ4v) is 1.81. The summed E-state index contributed by atoms with van der Waals surface area (Å²) < 4.78 is 0. The molecule has 2 N–H and O–H groups in total. The number of carbonyl (C=O) groups excluding carboxylic acids is 1. The van der Waals surface area contributed by atoms with E-state index in [0.29, 0.717) is 11.4 Å². The summed E-state index contributed by atoms with van der Waals surface area (Å²) in [6, 6.07) is 1.81. The van der Waals surface area contributed by atoms with Crippen LogP contribution in [0.25, 0.3) is 0 Å². The zero-order valence-electron chi connectivity index (χ0n) is 8.79. The zero-order valence-corrected chi connectivity index (χ0v) is 8.79. The molecule has 0 aromatic carbocycles. The summed E-state index contributed by atoms with van der Waals surface area (Å²) in [5.41, 5.74) is 8.09. The van der Waals surface area contributed by atoms with Gasteiger partial charge in [0, 0.05) is 6.20 Å². The topological polar surface area (TPSA) is 56.0 Å². The van der Waals surface area contributed by atoms with Crippen LogP contribution in [0.5, 0.6) is 0 Å². The third-order valence-electron chi connectivity index (χ3n) is 2.63. The number of carbonyl (C=O) groups is 1. The second kappa shape index (κ2) is 3.85. The van der Waals surface area contributed by atoms with Crippen LogP contribution in [0.3, 0.4) is 0 Å². The lowest BCUT2D eigenvalue weighted by Crippen LogP contribution is -2.07. The predicted octanol–water partition coefficient (Wildman–Crippen LogP) is 2.27. The van der Waals surface area contributed by atoms with Gasteiger partial charge in [0.25, 0.3) is 0 Å². The van der Waals surface area contributed by atoms with Crippen LogP contribution >= 0.6 is 0 Å². The lowest BCUT2D eigenvalue weighted by atomic mass is 10.0. The fraction of sp³-hybridized carbons (Fsp3) is 0.333. The molecule has 0 radical (unpaired) electrons. The van der Waals surface area contributed by atoms with Crippen LogP contribution < -0.4 is 5.73 Å². The highest BCUT2D eigenvalue weighted by atomic mass is 16.1. The maximum Gasteiger partial charge on any atom is 0.192 e. The van der Waals surface area contributed by atoms with E-state index in [1.54, 1.807) is 6.20 Å². The molecule has 0 aliphatic heterocycles. The third-order valence-corrected chi connectivity index (χ3v) is 2.63. The number of anilines is 1. The molecule has 0 fully saturated rings. The van der Waals surface area contributed by atoms with E-state index in [1.165, 1.54) is 0 Å². The molecule has 0 saturated heterocycles. The molecule has 1 heterocycles. The number of hydrogen-bond acceptors (Lipinski definition) is 3. The number of nitrogens with two attached hydrogens (primary N) is 1. The standard InChI is InChI=1S/C12H14N2O/c1-8-6-10(12(13)14-7-8)11(15)9-4-2-3-5-9/h4,6-7H,2-3,5H2,1H3,(H2,13,14). The molecule has 0 atom stereocenters. The number of rotatable bonds is 2. The number of nitrogens with zero attached hydrogens (tertiary/aromatic N) is 1. The van der Waals surface area contributed by atoms with Gasteiger partial charge in [-0.3, -0.25) is 4.79 Å². The summed E-state index contributed by atoms with van der Waals surface area (Å²) in [6.45, 7) is 1.91. The molecule has 15 heavy (non-hydrogen) atoms. The summed E-state index contributed by atoms with van der Waals surface area (Å²) in [6.07, 6.45) is 6.62. The Morgan fingerprint density at radius 3 is 3.00 bits per heavy atom. The van der Waals surface area contributed by atoms with Crippen molar-refractivity contribution in [3.05, 3.63) is 35.0 Å². The minimum absolute atomic E-state index is 0.0428. The summed E-state index contributed by atoms with van der Waals surface area (Å²) in [5.74, 6) is 0.375. The Bertz CT molecular complexity index is 435. The summed E-state index contributed by atoms with van der Waals surface area (Å²) in [7, 11) is 0. The summed E-state index contributed by atoms with van der Waals surface area (Å²) in [5, 5.41) is 0. The summed E-state index contributed by atoms with van der Waals surface area (Å²) in [4.78, 5) is 16.0. The van der Waals surface area contributed by atoms with Crippen molar-refractivity contribution in [2.24, 2.45) is 0 Å². The van der Waals surface area contributed by atoms with Gasteiger partial charge in [0.05, 0.1) is 5.56 Å². The van der Waals surface area contributed by atoms with Crippen LogP contribution in [0.4, 0.5) is 5.82 Å². The van der Waals surface area contributed by atoms with Gasteiger partial charge in [-0.25, -0.2) is 4.98 Å². The maximum absolute atomic E-state index is 12.0. The second-order valence-corrected chi connectivity index (χ2v) is 3.90. The Kier molecular flexibility index (Phi) is 2.54. The van der Waals surface area contributed by atoms with E-state index in [2.05, 4.69) is 4.98 Å². The Balaban J connectivity index is 2.36. The van der Waals surface area contributed by atoms with E-state index in [1.807, 2.05) is 19.1 Å². The van der Waals surface area contributed by atoms with Gasteiger partial charge in [-0.05, 0) is 43.4 Å². The van der Waals surface area contributed by atoms with Crippen LogP contribution in [-0.4, -0.2) is 10.8 Å². The van der Waals surface area contributed by atoms with E-state index in [-0.39, 0.29) is 5.78 Å². The molecule has 1 aliphatic rings. The molecule has 1 aromatic heterocycles. The van der Waals surface area contributed by atoms with Crippen LogP contribution in [0.1, 0.15) is 35.2 Å². The number of aryl methyl sites for hydroxylation is 1. The third kappa shape index (κ3) is 1.91. The Morgan fingerprint density at radius 1 is 1.53 bits per heavy atom. The monoisotopic (exact) mass is 202 g/mol. The fourth-order valence-electron chi connectivity index (χ4n) is 1.81. The number of aromatic nitrogens is 1. The molecule has 2 rings (SSSR count). The molecule has 1 aliphatic carbocycles. The first-order chi connectivity index (χ1) is 7.18. The van der Waals surface area contributed by atoms with Crippen molar-refractivity contribution in [2.75, 3.05) is 5.73 Å². The molecule has 0 amide bonds. The minimum atomic E-state index is 0.0428. The number of hydrogen-bond donors (Lipinski definition) is 1. The molecule has 0 spiro atoms. The average Bonchev–Trinajstić information content (AvgIpc) is 2.74. The Morgan fingerprint density at radius 2 is 2.33 bits per heavy atom. The normalized spacial score (nSPS) is 15.1. The number of allylic oxidation sites excluding steroid dienone is 2. The van der Waals surface area contributed by atoms with E-state index in [9.17, 15) is 4.79 Å². The SMILES string of the molecule is Cc1cnc(N)c(C(=O)C2=CCCC2)c1. The van der Waals surface area contributed by atoms with E-state index >= 15 is 0 Å². The number of pyridine rings is 1. The molecular formula is C12H14N2O. The molecule has 0 saturated carbocycles. The van der Waals surface area contributed by atoms with Gasteiger partial charge in [-0.15, -0.1) is 0 Å². The number of nitrogen functional groups attached to an aromatic ring is 1. The van der Waals surface area contributed by atoms with Crippen molar-refractivity contribution in [3.8, 4) is 0 Å². The molecule has 78 valence electrons. The second-order valence-electron chi connectivity index (χ2n) is 3.90. The van der Waals surface area contributed by atoms with Gasteiger partial charge >= 0.3 is 0 Å². The van der Waals surface area contributed by atoms with Gasteiger partial charge in [0.2, 0.25) is 0 Å². The molecule has 3 nitrogen and oxygen atoms in total. The number of Topliss-reactive ketones (excluding diaryl/α,β-unsaturated/α-hetero) is 1. The smallest absolute Gasteiger partial charge is 0.192 e. The predicted molar refractivity (Wildman–Crippen MR) is 59.7 cm³/mol. The molecule has 1 aromatic rings. The molecule has 0 bridgehead atoms. The summed E-state index contributed by atoms with van der Waals surface area (Å²) >= 11 is 0. The minimum Gasteiger partial charge on any atom is -0.383 e. The molecule has 3 heteroatoms. The van der Waals surface area contributed by atoms with Crippen molar-refractivity contribution in [1.29, 1.82) is 0 Å². The van der Waals surface area contributed by atoms with E-state index in [0.717, 1.165) is 30.4 Å². The lowest BCUT2D eigenvalue weighted by molar-refractivity contribution is 0.103. The Hall–Kier alpha value is -1.64. The molecular weight excluding hydrogens is 188 g/mol. The van der Waals surface area contributed by atoms with Crippen molar-refractivity contribution in [2.45, 2.75) is 26.2 Å². The highest BCUT2D eigenvalue weighted by Crippen LogP contribution is 2.23. The van der Waals surface area contributed by atoms with Gasteiger partial charge < -0.3 is 5.73 Å². The lowest BCUT2D eigenvalue weighted by Gasteiger charge is -2.05. The van der Waals surface area contributed by atoms with Crippen molar-refractivity contribution < 1.29 is 4.79 Å². The van der Waals surface area contributed by atoms with Gasteiger partial charge in [-0.2, -0.15) is 0 Å². The van der Waals surface area contributed by atoms with Crippen molar-refractivity contribution >= 4 is 11.6 Å². The van der Waals surface area contributed by atoms with Crippen LogP contribution in [0, 0.1) is 6.92 Å². The van der Waals surface area contributed by atoms with Crippen LogP contribution in [-0.2, 0) is 0 Å². The van der Waals surface area contributed by atoms with E-state index < -0.39 is 0 Å². The van der Waals surface area contributed by atoms with Crippen molar-refractivity contribution in [1.82, 2.24) is 4.98 Å². The van der Waals surface area contributed by atoms with Crippen molar-refractivity contribution in [3.63, 3.8) is 0 Å². The first-order valence-electron chi connectivity index (χ1n) is 5.14. The van der Waals surface area contributed by atoms with Crippen LogP contribution in [0.2, 0.25) is 0 Å². The van der Waals surface area contributed by atoms with Gasteiger partial charge in [-0.1, -0.05) is 6.08 Å². The highest BCUT2D eigenvalue weighted by Gasteiger charge is 2.18. The average molecular weight is 202 g/mol. The van der Waals surface area contributed by atoms with E-state index in [4.69, 9.17) is 5.73 Å². The quantitative estimate of drug-likeness (QED) is 0.748. The Labute approximate surface area is 89.0 Å². The first kappa shape index (κ1) is 9.90. The highest BCUT2D eigenvalue weighted by molar-refractivity contribution is 6.11. The molecule has 0 unspecified atom stereocenters. The van der Waals surface area contributed by atoms with Gasteiger partial charge in [0.15, 0.2) is 5.78 Å². The van der Waals surface area contributed by atoms with Gasteiger partial charge in [0.1, 0.15) is 5.82 Å². The zero-order chi connectivity index (χ0) is 10.8. The largest absolute Gasteiger partial charge is 0.383 e. The number of ketones is 1. The first-order valence-corrected chi connectivity index (χ1v) is 5.14. The maximum atomic E-state index is 12.0.